The molecule has 2 heterocycles. The average Bonchev–Trinajstić information content (AvgIpc) is 3.28. The first kappa shape index (κ1) is 19.4. The van der Waals surface area contributed by atoms with Crippen LogP contribution in [0.15, 0.2) is 72.8 Å². The zero-order chi connectivity index (χ0) is 21.7. The third kappa shape index (κ3) is 3.09. The van der Waals surface area contributed by atoms with Crippen LogP contribution >= 0.6 is 0 Å². The first-order valence-electron chi connectivity index (χ1n) is 9.86. The van der Waals surface area contributed by atoms with E-state index >= 15 is 0 Å². The van der Waals surface area contributed by atoms with Crippen LogP contribution < -0.4 is 9.96 Å². The molecule has 0 spiro atoms. The van der Waals surface area contributed by atoms with E-state index in [1.165, 1.54) is 11.1 Å². The third-order valence-corrected chi connectivity index (χ3v) is 5.70. The molecule has 156 valence electrons. The molecule has 2 aliphatic heterocycles. The molecule has 0 radical (unpaired) electrons. The monoisotopic (exact) mass is 420 g/mol. The molecule has 3 aromatic carbocycles. The third-order valence-electron chi connectivity index (χ3n) is 5.70. The molecule has 2 amide bonds. The summed E-state index contributed by atoms with van der Waals surface area (Å²) in [6, 6.07) is 18.6. The highest BCUT2D eigenvalue weighted by Gasteiger charge is 2.60. The molecule has 5 rings (SSSR count). The lowest BCUT2D eigenvalue weighted by Crippen LogP contribution is -2.37. The fraction of sp³-hybridized carbons (Fsp3) is 0.167. The number of aryl methyl sites for hydroxylation is 1. The van der Waals surface area contributed by atoms with E-state index in [1.807, 2.05) is 25.1 Å². The van der Waals surface area contributed by atoms with Gasteiger partial charge in [0, 0.05) is 0 Å². The number of rotatable bonds is 3. The lowest BCUT2D eigenvalue weighted by molar-refractivity contribution is -0.126. The maximum absolute atomic E-state index is 14.1. The van der Waals surface area contributed by atoms with Crippen molar-refractivity contribution in [3.8, 4) is 0 Å². The first-order valence-corrected chi connectivity index (χ1v) is 9.86. The highest BCUT2D eigenvalue weighted by Crippen LogP contribution is 2.47. The van der Waals surface area contributed by atoms with Crippen LogP contribution in [0.3, 0.4) is 0 Å². The van der Waals surface area contributed by atoms with E-state index in [0.717, 1.165) is 22.6 Å². The van der Waals surface area contributed by atoms with Gasteiger partial charge in [-0.2, -0.15) is 0 Å². The van der Waals surface area contributed by atoms with Gasteiger partial charge in [0.2, 0.25) is 5.91 Å². The molecule has 7 heteroatoms. The Balaban J connectivity index is 1.60. The summed E-state index contributed by atoms with van der Waals surface area (Å²) in [6.07, 6.45) is -1.06. The van der Waals surface area contributed by atoms with Crippen molar-refractivity contribution in [3.05, 3.63) is 95.6 Å². The number of carbonyl (C=O) groups excluding carboxylic acids is 2. The number of fused-ring (bicyclic) bond motifs is 1. The van der Waals surface area contributed by atoms with Crippen molar-refractivity contribution in [1.29, 1.82) is 0 Å². The molecule has 0 unspecified atom stereocenters. The number of benzene rings is 3. The maximum atomic E-state index is 14.1. The van der Waals surface area contributed by atoms with Crippen molar-refractivity contribution in [2.75, 3.05) is 9.96 Å². The summed E-state index contributed by atoms with van der Waals surface area (Å²) in [5.74, 6) is -3.84. The molecule has 2 saturated heterocycles. The van der Waals surface area contributed by atoms with Gasteiger partial charge in [-0.25, -0.2) is 18.7 Å². The minimum Gasteiger partial charge on any atom is -0.273 e. The second-order valence-electron chi connectivity index (χ2n) is 7.68. The quantitative estimate of drug-likeness (QED) is 0.592. The van der Waals surface area contributed by atoms with Gasteiger partial charge in [0.15, 0.2) is 17.7 Å². The van der Waals surface area contributed by atoms with Crippen LogP contribution in [0.4, 0.5) is 20.2 Å². The molecule has 2 aliphatic rings. The highest BCUT2D eigenvalue weighted by atomic mass is 19.2. The molecule has 0 saturated carbocycles. The predicted octanol–water partition coefficient (Wildman–Crippen LogP) is 4.32. The van der Waals surface area contributed by atoms with Crippen LogP contribution in [-0.4, -0.2) is 17.9 Å². The van der Waals surface area contributed by atoms with Gasteiger partial charge in [0.05, 0.1) is 17.4 Å². The first-order chi connectivity index (χ1) is 15.0. The Morgan fingerprint density at radius 2 is 1.52 bits per heavy atom. The Morgan fingerprint density at radius 1 is 0.806 bits per heavy atom. The van der Waals surface area contributed by atoms with E-state index in [4.69, 9.17) is 4.84 Å². The van der Waals surface area contributed by atoms with E-state index in [0.29, 0.717) is 16.9 Å². The number of imide groups is 1. The average molecular weight is 420 g/mol. The van der Waals surface area contributed by atoms with Gasteiger partial charge in [-0.1, -0.05) is 42.0 Å². The van der Waals surface area contributed by atoms with Crippen molar-refractivity contribution in [1.82, 2.24) is 0 Å². The number of para-hydroxylation sites is 1. The Labute approximate surface area is 177 Å². The molecule has 0 N–H and O–H groups in total. The number of nitrogens with zero attached hydrogens (tertiary/aromatic N) is 2. The Morgan fingerprint density at radius 3 is 2.19 bits per heavy atom. The summed E-state index contributed by atoms with van der Waals surface area (Å²) in [6.45, 7) is 1.91. The van der Waals surface area contributed by atoms with Crippen LogP contribution in [0.25, 0.3) is 0 Å². The van der Waals surface area contributed by atoms with Crippen molar-refractivity contribution >= 4 is 23.2 Å². The van der Waals surface area contributed by atoms with Crippen LogP contribution in [0.5, 0.6) is 0 Å². The topological polar surface area (TPSA) is 49.9 Å². The molecule has 31 heavy (non-hydrogen) atoms. The smallest absolute Gasteiger partial charge is 0.266 e. The molecule has 3 atom stereocenters. The van der Waals surface area contributed by atoms with Crippen molar-refractivity contribution < 1.29 is 23.2 Å². The minimum atomic E-state index is -1.06. The largest absolute Gasteiger partial charge is 0.273 e. The molecule has 0 aromatic heterocycles. The van der Waals surface area contributed by atoms with Crippen molar-refractivity contribution in [3.63, 3.8) is 0 Å². The Kier molecular flexibility index (Phi) is 4.55. The lowest BCUT2D eigenvalue weighted by Gasteiger charge is -2.28. The second-order valence-corrected chi connectivity index (χ2v) is 7.68. The molecular weight excluding hydrogens is 402 g/mol. The van der Waals surface area contributed by atoms with E-state index in [2.05, 4.69) is 0 Å². The lowest BCUT2D eigenvalue weighted by atomic mass is 9.90. The summed E-state index contributed by atoms with van der Waals surface area (Å²) in [5.41, 5.74) is 2.40. The molecule has 5 nitrogen and oxygen atoms in total. The number of hydroxylamine groups is 1. The zero-order valence-electron chi connectivity index (χ0n) is 16.5. The summed E-state index contributed by atoms with van der Waals surface area (Å²) < 4.78 is 27.6. The Hall–Kier alpha value is -3.58. The van der Waals surface area contributed by atoms with Crippen LogP contribution in [0, 0.1) is 24.5 Å². The number of halogens is 2. The number of hydrogen-bond acceptors (Lipinski definition) is 4. The predicted molar refractivity (Wildman–Crippen MR) is 110 cm³/mol. The number of anilines is 2. The summed E-state index contributed by atoms with van der Waals surface area (Å²) in [4.78, 5) is 33.7. The van der Waals surface area contributed by atoms with Crippen molar-refractivity contribution in [2.24, 2.45) is 5.92 Å². The molecule has 3 aromatic rings. The van der Waals surface area contributed by atoms with Crippen LogP contribution in [-0.2, 0) is 14.4 Å². The fourth-order valence-corrected chi connectivity index (χ4v) is 4.20. The highest BCUT2D eigenvalue weighted by molar-refractivity contribution is 6.23. The maximum Gasteiger partial charge on any atom is 0.266 e. The van der Waals surface area contributed by atoms with Gasteiger partial charge in [-0.3, -0.25) is 14.4 Å². The number of carbonyl (C=O) groups is 2. The Bertz CT molecular complexity index is 1170. The van der Waals surface area contributed by atoms with Gasteiger partial charge in [-0.05, 0) is 48.9 Å². The van der Waals surface area contributed by atoms with Gasteiger partial charge in [0.25, 0.3) is 5.91 Å². The summed E-state index contributed by atoms with van der Waals surface area (Å²) >= 11 is 0. The van der Waals surface area contributed by atoms with Crippen molar-refractivity contribution in [2.45, 2.75) is 19.1 Å². The zero-order valence-corrected chi connectivity index (χ0v) is 16.5. The fourth-order valence-electron chi connectivity index (χ4n) is 4.20. The van der Waals surface area contributed by atoms with Gasteiger partial charge < -0.3 is 0 Å². The molecule has 2 fully saturated rings. The minimum absolute atomic E-state index is 0.349. The van der Waals surface area contributed by atoms with E-state index in [1.54, 1.807) is 36.4 Å². The molecule has 0 aliphatic carbocycles. The number of hydrogen-bond donors (Lipinski definition) is 0. The van der Waals surface area contributed by atoms with Gasteiger partial charge >= 0.3 is 0 Å². The van der Waals surface area contributed by atoms with E-state index in [-0.39, 0.29) is 0 Å². The molecular formula is C24H18F2N2O3. The van der Waals surface area contributed by atoms with Crippen LogP contribution in [0.1, 0.15) is 17.2 Å². The SMILES string of the molecule is Cc1ccc(N2C(=O)[C@@H]3[C@H](ON(c4ccccc4)[C@@H]3c3ccc(F)c(F)c3)C2=O)cc1. The van der Waals surface area contributed by atoms with Gasteiger partial charge in [-0.15, -0.1) is 0 Å². The summed E-state index contributed by atoms with van der Waals surface area (Å²) in [5, 5.41) is 1.45. The van der Waals surface area contributed by atoms with Crippen LogP contribution in [0.2, 0.25) is 0 Å². The summed E-state index contributed by atoms with van der Waals surface area (Å²) in [7, 11) is 0. The molecule has 0 bridgehead atoms. The standard InChI is InChI=1S/C24H18F2N2O3/c1-14-7-10-16(11-8-14)27-23(29)20-21(15-9-12-18(25)19(26)13-15)28(31-22(20)24(27)30)17-5-3-2-4-6-17/h2-13,20-22H,1H3/t20-,21+,22-/m0/s1. The second kappa shape index (κ2) is 7.28. The normalized spacial score (nSPS) is 22.9. The number of amides is 2. The van der Waals surface area contributed by atoms with Gasteiger partial charge in [0.1, 0.15) is 5.92 Å². The van der Waals surface area contributed by atoms with E-state index < -0.39 is 41.5 Å². The van der Waals surface area contributed by atoms with E-state index in [9.17, 15) is 18.4 Å².